The number of amides is 1. The molecule has 0 radical (unpaired) electrons. The van der Waals surface area contributed by atoms with E-state index >= 15 is 0 Å². The molecule has 2 atom stereocenters. The van der Waals surface area contributed by atoms with Crippen LogP contribution in [-0.2, 0) is 10.3 Å². The summed E-state index contributed by atoms with van der Waals surface area (Å²) in [6.45, 7) is 7.89. The monoisotopic (exact) mass is 321 g/mol. The zero-order chi connectivity index (χ0) is 17.3. The van der Waals surface area contributed by atoms with Gasteiger partial charge in [0.2, 0.25) is 0 Å². The molecule has 5 heteroatoms. The summed E-state index contributed by atoms with van der Waals surface area (Å²) in [6.07, 6.45) is 1.24. The molecule has 1 aliphatic rings. The summed E-state index contributed by atoms with van der Waals surface area (Å²) in [6, 6.07) is 7.01. The predicted molar refractivity (Wildman–Crippen MR) is 88.5 cm³/mol. The summed E-state index contributed by atoms with van der Waals surface area (Å²) < 4.78 is 10.6. The first-order valence-electron chi connectivity index (χ1n) is 8.01. The second-order valence-electron chi connectivity index (χ2n) is 7.21. The molecular weight excluding hydrogens is 294 g/mol. The second-order valence-corrected chi connectivity index (χ2v) is 7.21. The molecule has 1 amide bonds. The second kappa shape index (κ2) is 6.40. The Kier molecular flexibility index (Phi) is 4.90. The van der Waals surface area contributed by atoms with E-state index in [1.807, 2.05) is 45.0 Å². The summed E-state index contributed by atoms with van der Waals surface area (Å²) >= 11 is 0. The number of hydrogen-bond acceptors (Lipinski definition) is 4. The number of aliphatic hydroxyl groups is 1. The Morgan fingerprint density at radius 2 is 1.83 bits per heavy atom. The quantitative estimate of drug-likeness (QED) is 0.928. The van der Waals surface area contributed by atoms with E-state index in [2.05, 4.69) is 0 Å². The van der Waals surface area contributed by atoms with Crippen LogP contribution in [0, 0.1) is 0 Å². The van der Waals surface area contributed by atoms with Crippen LogP contribution in [0.5, 0.6) is 5.75 Å². The van der Waals surface area contributed by atoms with Gasteiger partial charge in [-0.1, -0.05) is 12.1 Å². The molecule has 2 rings (SSSR count). The molecule has 0 unspecified atom stereocenters. The van der Waals surface area contributed by atoms with Crippen molar-refractivity contribution in [3.63, 3.8) is 0 Å². The van der Waals surface area contributed by atoms with Gasteiger partial charge in [-0.25, -0.2) is 4.79 Å². The van der Waals surface area contributed by atoms with E-state index in [4.69, 9.17) is 9.47 Å². The number of carbonyl (C=O) groups excluding carboxylic acids is 1. The highest BCUT2D eigenvalue weighted by molar-refractivity contribution is 5.69. The molecule has 1 N–H and O–H groups in total. The lowest BCUT2D eigenvalue weighted by Crippen LogP contribution is -2.49. The van der Waals surface area contributed by atoms with Crippen LogP contribution in [-0.4, -0.2) is 41.4 Å². The maximum Gasteiger partial charge on any atom is 0.410 e. The molecule has 0 aliphatic carbocycles. The first kappa shape index (κ1) is 17.6. The molecule has 128 valence electrons. The van der Waals surface area contributed by atoms with E-state index in [0.29, 0.717) is 6.54 Å². The van der Waals surface area contributed by atoms with Crippen molar-refractivity contribution >= 4 is 6.09 Å². The molecule has 1 aromatic carbocycles. The number of benzene rings is 1. The Bertz CT molecular complexity index is 545. The third-order valence-corrected chi connectivity index (χ3v) is 4.20. The highest BCUT2D eigenvalue weighted by atomic mass is 16.6. The topological polar surface area (TPSA) is 59.0 Å². The van der Waals surface area contributed by atoms with Gasteiger partial charge in [0, 0.05) is 6.54 Å². The van der Waals surface area contributed by atoms with Gasteiger partial charge in [0.1, 0.15) is 17.0 Å². The zero-order valence-electron chi connectivity index (χ0n) is 14.6. The average Bonchev–Trinajstić information content (AvgIpc) is 2.96. The van der Waals surface area contributed by atoms with Gasteiger partial charge in [0.15, 0.2) is 0 Å². The third kappa shape index (κ3) is 3.96. The number of methoxy groups -OCH3 is 1. The SMILES string of the molecule is COc1ccc([C@@](C)(O)[C@@H]2CCCN2C(=O)OC(C)(C)C)cc1. The normalized spacial score (nSPS) is 21.0. The van der Waals surface area contributed by atoms with Crippen molar-refractivity contribution in [3.8, 4) is 5.75 Å². The van der Waals surface area contributed by atoms with Crippen LogP contribution in [0.4, 0.5) is 4.79 Å². The molecular formula is C18H27NO4. The van der Waals surface area contributed by atoms with Crippen LogP contribution >= 0.6 is 0 Å². The fourth-order valence-corrected chi connectivity index (χ4v) is 3.01. The van der Waals surface area contributed by atoms with Gasteiger partial charge < -0.3 is 19.5 Å². The van der Waals surface area contributed by atoms with E-state index in [1.54, 1.807) is 18.9 Å². The molecule has 1 aromatic rings. The van der Waals surface area contributed by atoms with Crippen LogP contribution in [0.3, 0.4) is 0 Å². The lowest BCUT2D eigenvalue weighted by Gasteiger charge is -2.37. The molecule has 1 heterocycles. The Hall–Kier alpha value is -1.75. The smallest absolute Gasteiger partial charge is 0.410 e. The lowest BCUT2D eigenvalue weighted by atomic mass is 9.86. The van der Waals surface area contributed by atoms with Crippen molar-refractivity contribution < 1.29 is 19.4 Å². The van der Waals surface area contributed by atoms with E-state index in [0.717, 1.165) is 24.2 Å². The van der Waals surface area contributed by atoms with E-state index in [9.17, 15) is 9.90 Å². The van der Waals surface area contributed by atoms with Gasteiger partial charge >= 0.3 is 6.09 Å². The molecule has 1 saturated heterocycles. The molecule has 0 aromatic heterocycles. The molecule has 0 spiro atoms. The van der Waals surface area contributed by atoms with Gasteiger partial charge in [-0.2, -0.15) is 0 Å². The van der Waals surface area contributed by atoms with Crippen molar-refractivity contribution in [2.45, 2.75) is 57.8 Å². The number of likely N-dealkylation sites (tertiary alicyclic amines) is 1. The summed E-state index contributed by atoms with van der Waals surface area (Å²) in [5.41, 5.74) is -0.922. The number of carbonyl (C=O) groups is 1. The first-order valence-corrected chi connectivity index (χ1v) is 8.01. The predicted octanol–water partition coefficient (Wildman–Crippen LogP) is 3.30. The van der Waals surface area contributed by atoms with Crippen molar-refractivity contribution in [2.24, 2.45) is 0 Å². The highest BCUT2D eigenvalue weighted by Crippen LogP contribution is 2.36. The first-order chi connectivity index (χ1) is 10.6. The number of rotatable bonds is 3. The number of nitrogens with zero attached hydrogens (tertiary/aromatic N) is 1. The highest BCUT2D eigenvalue weighted by Gasteiger charge is 2.43. The van der Waals surface area contributed by atoms with Crippen LogP contribution in [0.25, 0.3) is 0 Å². The van der Waals surface area contributed by atoms with E-state index < -0.39 is 11.2 Å². The molecule has 5 nitrogen and oxygen atoms in total. The molecule has 23 heavy (non-hydrogen) atoms. The standard InChI is InChI=1S/C18H27NO4/c1-17(2,3)23-16(20)19-12-6-7-15(19)18(4,21)13-8-10-14(22-5)11-9-13/h8-11,15,21H,6-7,12H2,1-5H3/t15-,18+/m0/s1. The van der Waals surface area contributed by atoms with Crippen LogP contribution < -0.4 is 4.74 Å². The van der Waals surface area contributed by atoms with Crippen LogP contribution in [0.1, 0.15) is 46.1 Å². The fourth-order valence-electron chi connectivity index (χ4n) is 3.01. The maximum atomic E-state index is 12.4. The van der Waals surface area contributed by atoms with Gasteiger partial charge in [0.25, 0.3) is 0 Å². The Morgan fingerprint density at radius 1 is 1.22 bits per heavy atom. The van der Waals surface area contributed by atoms with Crippen LogP contribution in [0.15, 0.2) is 24.3 Å². The maximum absolute atomic E-state index is 12.4. The van der Waals surface area contributed by atoms with Gasteiger partial charge in [-0.3, -0.25) is 0 Å². The minimum absolute atomic E-state index is 0.300. The van der Waals surface area contributed by atoms with Crippen molar-refractivity contribution in [1.29, 1.82) is 0 Å². The summed E-state index contributed by atoms with van der Waals surface area (Å²) in [5.74, 6) is 0.736. The third-order valence-electron chi connectivity index (χ3n) is 4.20. The molecule has 0 bridgehead atoms. The summed E-state index contributed by atoms with van der Waals surface area (Å²) in [4.78, 5) is 14.1. The minimum atomic E-state index is -1.14. The Labute approximate surface area is 138 Å². The zero-order valence-corrected chi connectivity index (χ0v) is 14.6. The van der Waals surface area contributed by atoms with Crippen molar-refractivity contribution in [3.05, 3.63) is 29.8 Å². The van der Waals surface area contributed by atoms with Gasteiger partial charge in [-0.15, -0.1) is 0 Å². The summed E-state index contributed by atoms with van der Waals surface area (Å²) in [7, 11) is 1.61. The van der Waals surface area contributed by atoms with Crippen molar-refractivity contribution in [2.75, 3.05) is 13.7 Å². The van der Waals surface area contributed by atoms with Crippen LogP contribution in [0.2, 0.25) is 0 Å². The summed E-state index contributed by atoms with van der Waals surface area (Å²) in [5, 5.41) is 11.1. The molecule has 1 aliphatic heterocycles. The van der Waals surface area contributed by atoms with Gasteiger partial charge in [-0.05, 0) is 58.2 Å². The number of hydrogen-bond donors (Lipinski definition) is 1. The van der Waals surface area contributed by atoms with Crippen molar-refractivity contribution in [1.82, 2.24) is 4.90 Å². The number of ether oxygens (including phenoxy) is 2. The van der Waals surface area contributed by atoms with Gasteiger partial charge in [0.05, 0.1) is 13.2 Å². The molecule has 1 fully saturated rings. The minimum Gasteiger partial charge on any atom is -0.497 e. The Balaban J connectivity index is 2.21. The Morgan fingerprint density at radius 3 is 2.35 bits per heavy atom. The molecule has 0 saturated carbocycles. The lowest BCUT2D eigenvalue weighted by molar-refractivity contribution is -0.0370. The van der Waals surface area contributed by atoms with E-state index in [1.165, 1.54) is 0 Å². The van der Waals surface area contributed by atoms with E-state index in [-0.39, 0.29) is 12.1 Å². The fraction of sp³-hybridized carbons (Fsp3) is 0.611. The average molecular weight is 321 g/mol. The largest absolute Gasteiger partial charge is 0.497 e.